The Balaban J connectivity index is 2.61. The van der Waals surface area contributed by atoms with E-state index >= 15 is 0 Å². The van der Waals surface area contributed by atoms with Crippen molar-refractivity contribution in [1.82, 2.24) is 10.1 Å². The number of rotatable bonds is 4. The van der Waals surface area contributed by atoms with Crippen LogP contribution in [0.15, 0.2) is 4.52 Å². The molecule has 0 spiro atoms. The average Bonchev–Trinajstić information content (AvgIpc) is 2.46. The molecule has 1 amide bonds. The zero-order chi connectivity index (χ0) is 9.84. The molecule has 0 aliphatic heterocycles. The molecular weight excluding hydrogens is 172 g/mol. The summed E-state index contributed by atoms with van der Waals surface area (Å²) >= 11 is 0. The Labute approximate surface area is 75.5 Å². The number of aromatic nitrogens is 2. The second-order valence-corrected chi connectivity index (χ2v) is 2.65. The van der Waals surface area contributed by atoms with Crippen LogP contribution >= 0.6 is 0 Å². The lowest BCUT2D eigenvalue weighted by Gasteiger charge is -2.09. The third kappa shape index (κ3) is 2.43. The van der Waals surface area contributed by atoms with Crippen LogP contribution in [-0.4, -0.2) is 22.1 Å². The van der Waals surface area contributed by atoms with Crippen LogP contribution in [-0.2, 0) is 4.79 Å². The third-order valence-electron chi connectivity index (χ3n) is 1.58. The van der Waals surface area contributed by atoms with E-state index in [1.807, 2.05) is 6.92 Å². The fourth-order valence-electron chi connectivity index (χ4n) is 0.879. The van der Waals surface area contributed by atoms with Crippen LogP contribution < -0.4 is 11.1 Å². The summed E-state index contributed by atoms with van der Waals surface area (Å²) in [6, 6.07) is -0.233. The van der Waals surface area contributed by atoms with Gasteiger partial charge in [-0.05, 0) is 13.3 Å². The number of nitrogens with one attached hydrogen (secondary N) is 1. The number of carbonyl (C=O) groups excluding carboxylic acids is 1. The highest BCUT2D eigenvalue weighted by molar-refractivity contribution is 5.82. The van der Waals surface area contributed by atoms with Gasteiger partial charge in [-0.25, -0.2) is 0 Å². The Morgan fingerprint density at radius 2 is 2.46 bits per heavy atom. The summed E-state index contributed by atoms with van der Waals surface area (Å²) in [5.74, 6) is 0.0835. The minimum absolute atomic E-state index is 0.225. The predicted octanol–water partition coefficient (Wildman–Crippen LogP) is 0.0538. The van der Waals surface area contributed by atoms with Crippen LogP contribution in [0, 0.1) is 6.92 Å². The van der Waals surface area contributed by atoms with E-state index in [1.54, 1.807) is 6.92 Å². The van der Waals surface area contributed by atoms with E-state index in [-0.39, 0.29) is 6.01 Å². The van der Waals surface area contributed by atoms with Gasteiger partial charge in [0.15, 0.2) is 5.82 Å². The predicted molar refractivity (Wildman–Crippen MR) is 45.9 cm³/mol. The number of carbonyl (C=O) groups is 1. The minimum Gasteiger partial charge on any atom is -0.368 e. The van der Waals surface area contributed by atoms with Gasteiger partial charge in [-0.2, -0.15) is 4.98 Å². The van der Waals surface area contributed by atoms with E-state index in [0.29, 0.717) is 12.2 Å². The third-order valence-corrected chi connectivity index (χ3v) is 1.58. The molecule has 6 heteroatoms. The number of primary amides is 1. The van der Waals surface area contributed by atoms with Crippen molar-refractivity contribution in [3.8, 4) is 0 Å². The molecule has 1 aromatic rings. The van der Waals surface area contributed by atoms with Gasteiger partial charge in [-0.15, -0.1) is 0 Å². The van der Waals surface area contributed by atoms with Gasteiger partial charge < -0.3 is 15.6 Å². The fourth-order valence-corrected chi connectivity index (χ4v) is 0.879. The molecule has 1 aromatic heterocycles. The van der Waals surface area contributed by atoms with Gasteiger partial charge in [0.2, 0.25) is 5.91 Å². The van der Waals surface area contributed by atoms with Crippen molar-refractivity contribution in [3.05, 3.63) is 5.82 Å². The van der Waals surface area contributed by atoms with Crippen LogP contribution in [0.5, 0.6) is 0 Å². The highest BCUT2D eigenvalue weighted by Crippen LogP contribution is 2.05. The molecule has 6 nitrogen and oxygen atoms in total. The van der Waals surface area contributed by atoms with E-state index < -0.39 is 11.9 Å². The highest BCUT2D eigenvalue weighted by Gasteiger charge is 2.14. The molecule has 72 valence electrons. The number of nitrogens with zero attached hydrogens (tertiary/aromatic N) is 2. The summed E-state index contributed by atoms with van der Waals surface area (Å²) in [4.78, 5) is 14.7. The van der Waals surface area contributed by atoms with Gasteiger partial charge in [-0.1, -0.05) is 12.1 Å². The first kappa shape index (κ1) is 9.50. The first-order valence-corrected chi connectivity index (χ1v) is 3.99. The van der Waals surface area contributed by atoms with Gasteiger partial charge in [0.05, 0.1) is 0 Å². The molecule has 0 aliphatic carbocycles. The molecule has 0 bridgehead atoms. The minimum atomic E-state index is -0.458. The zero-order valence-corrected chi connectivity index (χ0v) is 7.57. The standard InChI is InChI=1S/C7H12N4O2/c1-3-5(6(8)12)10-7-9-4(2)11-13-7/h5H,3H2,1-2H3,(H2,8,12)(H,9,10,11). The number of hydrogen-bond acceptors (Lipinski definition) is 5. The van der Waals surface area contributed by atoms with E-state index in [4.69, 9.17) is 10.3 Å². The number of hydrogen-bond donors (Lipinski definition) is 2. The second-order valence-electron chi connectivity index (χ2n) is 2.65. The molecule has 0 radical (unpaired) electrons. The van der Waals surface area contributed by atoms with Crippen molar-refractivity contribution in [2.45, 2.75) is 26.3 Å². The molecule has 0 fully saturated rings. The van der Waals surface area contributed by atoms with Gasteiger partial charge in [0, 0.05) is 0 Å². The molecule has 1 heterocycles. The summed E-state index contributed by atoms with van der Waals surface area (Å²) in [5.41, 5.74) is 5.11. The van der Waals surface area contributed by atoms with E-state index in [0.717, 1.165) is 0 Å². The van der Waals surface area contributed by atoms with Crippen LogP contribution in [0.1, 0.15) is 19.2 Å². The normalized spacial score (nSPS) is 12.5. The fraction of sp³-hybridized carbons (Fsp3) is 0.571. The maximum absolute atomic E-state index is 10.8. The maximum Gasteiger partial charge on any atom is 0.322 e. The monoisotopic (exact) mass is 184 g/mol. The van der Waals surface area contributed by atoms with Crippen molar-refractivity contribution < 1.29 is 9.32 Å². The van der Waals surface area contributed by atoms with E-state index in [9.17, 15) is 4.79 Å². The number of nitrogens with two attached hydrogens (primary N) is 1. The molecule has 3 N–H and O–H groups in total. The lowest BCUT2D eigenvalue weighted by molar-refractivity contribution is -0.118. The van der Waals surface area contributed by atoms with Crippen LogP contribution in [0.3, 0.4) is 0 Å². The number of aryl methyl sites for hydroxylation is 1. The van der Waals surface area contributed by atoms with Crippen LogP contribution in [0.2, 0.25) is 0 Å². The summed E-state index contributed by atoms with van der Waals surface area (Å²) in [7, 11) is 0. The topological polar surface area (TPSA) is 94.0 Å². The Morgan fingerprint density at radius 3 is 2.85 bits per heavy atom. The smallest absolute Gasteiger partial charge is 0.322 e. The highest BCUT2D eigenvalue weighted by atomic mass is 16.5. The summed E-state index contributed by atoms with van der Waals surface area (Å²) in [6.07, 6.45) is 0.580. The van der Waals surface area contributed by atoms with Crippen molar-refractivity contribution in [1.29, 1.82) is 0 Å². The van der Waals surface area contributed by atoms with Gasteiger partial charge >= 0.3 is 6.01 Å². The molecular formula is C7H12N4O2. The molecule has 0 saturated heterocycles. The van der Waals surface area contributed by atoms with Crippen LogP contribution in [0.25, 0.3) is 0 Å². The molecule has 0 saturated carbocycles. The summed E-state index contributed by atoms with van der Waals surface area (Å²) in [6.45, 7) is 3.53. The van der Waals surface area contributed by atoms with Crippen molar-refractivity contribution >= 4 is 11.9 Å². The molecule has 1 rings (SSSR count). The Kier molecular flexibility index (Phi) is 2.84. The van der Waals surface area contributed by atoms with Crippen LogP contribution in [0.4, 0.5) is 6.01 Å². The van der Waals surface area contributed by atoms with Crippen molar-refractivity contribution in [2.75, 3.05) is 5.32 Å². The van der Waals surface area contributed by atoms with Crippen molar-refractivity contribution in [2.24, 2.45) is 5.73 Å². The first-order valence-electron chi connectivity index (χ1n) is 3.99. The Morgan fingerprint density at radius 1 is 1.77 bits per heavy atom. The SMILES string of the molecule is CCC(Nc1nc(C)no1)C(N)=O. The second kappa shape index (κ2) is 3.88. The number of anilines is 1. The number of amides is 1. The molecule has 1 atom stereocenters. The van der Waals surface area contributed by atoms with E-state index in [1.165, 1.54) is 0 Å². The molecule has 13 heavy (non-hydrogen) atoms. The summed E-state index contributed by atoms with van der Waals surface area (Å²) in [5, 5.41) is 6.30. The maximum atomic E-state index is 10.8. The lowest BCUT2D eigenvalue weighted by Crippen LogP contribution is -2.34. The van der Waals surface area contributed by atoms with E-state index in [2.05, 4.69) is 15.5 Å². The largest absolute Gasteiger partial charge is 0.368 e. The Hall–Kier alpha value is -1.59. The van der Waals surface area contributed by atoms with Gasteiger partial charge in [-0.3, -0.25) is 4.79 Å². The first-order chi connectivity index (χ1) is 6.13. The Bertz CT molecular complexity index is 296. The van der Waals surface area contributed by atoms with Crippen molar-refractivity contribution in [3.63, 3.8) is 0 Å². The van der Waals surface area contributed by atoms with Gasteiger partial charge in [0.25, 0.3) is 0 Å². The average molecular weight is 184 g/mol. The molecule has 1 unspecified atom stereocenters. The zero-order valence-electron chi connectivity index (χ0n) is 7.57. The lowest BCUT2D eigenvalue weighted by atomic mass is 10.2. The summed E-state index contributed by atoms with van der Waals surface area (Å²) < 4.78 is 4.77. The molecule has 0 aromatic carbocycles. The molecule has 0 aliphatic rings. The quantitative estimate of drug-likeness (QED) is 0.689. The van der Waals surface area contributed by atoms with Gasteiger partial charge in [0.1, 0.15) is 6.04 Å².